The predicted molar refractivity (Wildman–Crippen MR) is 142 cm³/mol. The molecule has 2 aliphatic rings. The summed E-state index contributed by atoms with van der Waals surface area (Å²) in [5, 5.41) is 12.8. The number of hydroxylamine groups is 1. The lowest BCUT2D eigenvalue weighted by atomic mass is 9.90. The van der Waals surface area contributed by atoms with Gasteiger partial charge in [-0.05, 0) is 70.4 Å². The highest BCUT2D eigenvalue weighted by Gasteiger charge is 2.60. The van der Waals surface area contributed by atoms with Crippen LogP contribution in [0.1, 0.15) is 24.9 Å². The fourth-order valence-corrected chi connectivity index (χ4v) is 5.31. The van der Waals surface area contributed by atoms with E-state index < -0.39 is 34.8 Å². The van der Waals surface area contributed by atoms with Crippen molar-refractivity contribution >= 4 is 44.8 Å². The van der Waals surface area contributed by atoms with Crippen LogP contribution in [0, 0.1) is 16.0 Å². The molecule has 0 radical (unpaired) electrons. The van der Waals surface area contributed by atoms with Crippen LogP contribution >= 0.6 is 15.9 Å². The number of carbonyl (C=O) groups is 2. The standard InChI is InChI=1S/C27H24BrN3O7/c1-3-13-37-20-10-8-17(9-11-20)29-26(32)23-24(16-7-12-22(36-2)21(28)14-16)30(38-25(23)27(29)33)18-5-4-6-19(15-18)31(34)35/h4-12,14-15,23-25H,3,13H2,1-2H3/t23-,24-,25+/m0/s1. The van der Waals surface area contributed by atoms with Crippen molar-refractivity contribution in [2.75, 3.05) is 23.7 Å². The van der Waals surface area contributed by atoms with Crippen molar-refractivity contribution in [1.29, 1.82) is 0 Å². The van der Waals surface area contributed by atoms with E-state index >= 15 is 0 Å². The van der Waals surface area contributed by atoms with E-state index in [9.17, 15) is 19.7 Å². The number of ether oxygens (including phenoxy) is 2. The number of carbonyl (C=O) groups excluding carboxylic acids is 2. The van der Waals surface area contributed by atoms with Crippen molar-refractivity contribution < 1.29 is 28.8 Å². The summed E-state index contributed by atoms with van der Waals surface area (Å²) in [5.41, 5.74) is 1.30. The molecule has 0 aromatic heterocycles. The molecule has 3 atom stereocenters. The Morgan fingerprint density at radius 2 is 1.79 bits per heavy atom. The van der Waals surface area contributed by atoms with E-state index in [-0.39, 0.29) is 5.69 Å². The van der Waals surface area contributed by atoms with Crippen molar-refractivity contribution in [2.45, 2.75) is 25.5 Å². The molecule has 10 nitrogen and oxygen atoms in total. The van der Waals surface area contributed by atoms with Crippen LogP contribution in [0.15, 0.2) is 71.2 Å². The van der Waals surface area contributed by atoms with E-state index in [0.29, 0.717) is 39.5 Å². The van der Waals surface area contributed by atoms with Gasteiger partial charge in [0, 0.05) is 12.1 Å². The molecule has 2 aliphatic heterocycles. The van der Waals surface area contributed by atoms with E-state index in [4.69, 9.17) is 14.3 Å². The fraction of sp³-hybridized carbons (Fsp3) is 0.259. The molecular weight excluding hydrogens is 558 g/mol. The molecule has 0 saturated carbocycles. The number of hydrogen-bond donors (Lipinski definition) is 0. The third-order valence-electron chi connectivity index (χ3n) is 6.50. The lowest BCUT2D eigenvalue weighted by molar-refractivity contribution is -0.384. The number of nitrogens with zero attached hydrogens (tertiary/aromatic N) is 3. The van der Waals surface area contributed by atoms with Crippen LogP contribution in [0.25, 0.3) is 0 Å². The van der Waals surface area contributed by atoms with Gasteiger partial charge < -0.3 is 9.47 Å². The summed E-state index contributed by atoms with van der Waals surface area (Å²) in [6.07, 6.45) is -0.251. The second-order valence-electron chi connectivity index (χ2n) is 8.85. The average molecular weight is 582 g/mol. The number of hydrogen-bond acceptors (Lipinski definition) is 8. The van der Waals surface area contributed by atoms with Crippen LogP contribution in [0.3, 0.4) is 0 Å². The summed E-state index contributed by atoms with van der Waals surface area (Å²) in [6.45, 7) is 2.56. The molecule has 196 valence electrons. The Labute approximate surface area is 226 Å². The first-order valence-electron chi connectivity index (χ1n) is 12.0. The molecule has 2 fully saturated rings. The number of anilines is 2. The van der Waals surface area contributed by atoms with Gasteiger partial charge in [-0.25, -0.2) is 9.96 Å². The van der Waals surface area contributed by atoms with Crippen LogP contribution in [-0.4, -0.2) is 36.6 Å². The lowest BCUT2D eigenvalue weighted by Gasteiger charge is -2.29. The lowest BCUT2D eigenvalue weighted by Crippen LogP contribution is -2.37. The first-order chi connectivity index (χ1) is 18.3. The maximum absolute atomic E-state index is 13.8. The van der Waals surface area contributed by atoms with Crippen LogP contribution in [0.5, 0.6) is 11.5 Å². The van der Waals surface area contributed by atoms with Crippen molar-refractivity contribution in [2.24, 2.45) is 5.92 Å². The minimum absolute atomic E-state index is 0.137. The number of imide groups is 1. The van der Waals surface area contributed by atoms with E-state index in [0.717, 1.165) is 11.3 Å². The van der Waals surface area contributed by atoms with Gasteiger partial charge in [0.25, 0.3) is 11.6 Å². The van der Waals surface area contributed by atoms with E-state index in [2.05, 4.69) is 15.9 Å². The topological polar surface area (TPSA) is 111 Å². The number of nitro benzene ring substituents is 1. The summed E-state index contributed by atoms with van der Waals surface area (Å²) in [5.74, 6) is -0.589. The normalized spacial score (nSPS) is 20.6. The van der Waals surface area contributed by atoms with Crippen molar-refractivity contribution in [3.05, 3.63) is 86.9 Å². The maximum Gasteiger partial charge on any atom is 0.271 e. The maximum atomic E-state index is 13.8. The third-order valence-corrected chi connectivity index (χ3v) is 7.12. The fourth-order valence-electron chi connectivity index (χ4n) is 4.75. The van der Waals surface area contributed by atoms with Crippen molar-refractivity contribution in [1.82, 2.24) is 0 Å². The van der Waals surface area contributed by atoms with Gasteiger partial charge in [0.1, 0.15) is 17.4 Å². The molecule has 0 N–H and O–H groups in total. The number of benzene rings is 3. The molecule has 2 amide bonds. The van der Waals surface area contributed by atoms with Gasteiger partial charge in [-0.1, -0.05) is 19.1 Å². The molecule has 3 aromatic rings. The zero-order valence-corrected chi connectivity index (χ0v) is 22.2. The SMILES string of the molecule is CCCOc1ccc(N2C(=O)[C@@H]3[C@@H](ON(c4cccc([N+](=O)[O-])c4)[C@H]3c3ccc(OC)c(Br)c3)C2=O)cc1. The number of amides is 2. The quantitative estimate of drug-likeness (QED) is 0.202. The van der Waals surface area contributed by atoms with Gasteiger partial charge >= 0.3 is 0 Å². The Morgan fingerprint density at radius 3 is 2.45 bits per heavy atom. The third kappa shape index (κ3) is 4.48. The number of non-ortho nitro benzene ring substituents is 1. The molecule has 0 unspecified atom stereocenters. The number of rotatable bonds is 8. The first-order valence-corrected chi connectivity index (χ1v) is 12.8. The van der Waals surface area contributed by atoms with Crippen molar-refractivity contribution in [3.8, 4) is 11.5 Å². The summed E-state index contributed by atoms with van der Waals surface area (Å²) in [7, 11) is 1.54. The molecular formula is C27H24BrN3O7. The highest BCUT2D eigenvalue weighted by molar-refractivity contribution is 9.10. The van der Waals surface area contributed by atoms with Crippen LogP contribution < -0.4 is 19.4 Å². The smallest absolute Gasteiger partial charge is 0.271 e. The van der Waals surface area contributed by atoms with Gasteiger partial charge in [0.05, 0.1) is 40.5 Å². The predicted octanol–water partition coefficient (Wildman–Crippen LogP) is 5.21. The number of methoxy groups -OCH3 is 1. The second-order valence-corrected chi connectivity index (χ2v) is 9.70. The number of nitro groups is 1. The molecule has 0 bridgehead atoms. The van der Waals surface area contributed by atoms with E-state index in [1.165, 1.54) is 23.3 Å². The minimum Gasteiger partial charge on any atom is -0.496 e. The van der Waals surface area contributed by atoms with Crippen LogP contribution in [0.4, 0.5) is 17.1 Å². The second kappa shape index (κ2) is 10.4. The molecule has 2 saturated heterocycles. The number of fused-ring (bicyclic) bond motifs is 1. The zero-order valence-electron chi connectivity index (χ0n) is 20.6. The highest BCUT2D eigenvalue weighted by atomic mass is 79.9. The van der Waals surface area contributed by atoms with E-state index in [1.807, 2.05) is 6.92 Å². The van der Waals surface area contributed by atoms with Gasteiger partial charge in [0.15, 0.2) is 6.10 Å². The Hall–Kier alpha value is -3.96. The van der Waals surface area contributed by atoms with E-state index in [1.54, 1.807) is 55.6 Å². The van der Waals surface area contributed by atoms with Crippen LogP contribution in [0.2, 0.25) is 0 Å². The minimum atomic E-state index is -1.11. The Balaban J connectivity index is 1.54. The van der Waals surface area contributed by atoms with Gasteiger partial charge in [-0.15, -0.1) is 0 Å². The average Bonchev–Trinajstić information content (AvgIpc) is 3.43. The molecule has 11 heteroatoms. The Morgan fingerprint density at radius 1 is 1.03 bits per heavy atom. The van der Waals surface area contributed by atoms with Crippen molar-refractivity contribution in [3.63, 3.8) is 0 Å². The Kier molecular flexibility index (Phi) is 7.04. The van der Waals surface area contributed by atoms with Gasteiger partial charge in [-0.3, -0.25) is 24.5 Å². The largest absolute Gasteiger partial charge is 0.496 e. The molecule has 3 aromatic carbocycles. The summed E-state index contributed by atoms with van der Waals surface area (Å²) in [6, 6.07) is 17.2. The molecule has 5 rings (SSSR count). The molecule has 0 spiro atoms. The summed E-state index contributed by atoms with van der Waals surface area (Å²) < 4.78 is 11.6. The Bertz CT molecular complexity index is 1400. The van der Waals surface area contributed by atoms with Crippen LogP contribution in [-0.2, 0) is 14.4 Å². The number of halogens is 1. The first kappa shape index (κ1) is 25.7. The monoisotopic (exact) mass is 581 g/mol. The van der Waals surface area contributed by atoms with Gasteiger partial charge in [0.2, 0.25) is 5.91 Å². The molecule has 0 aliphatic carbocycles. The summed E-state index contributed by atoms with van der Waals surface area (Å²) in [4.78, 5) is 45.5. The highest BCUT2D eigenvalue weighted by Crippen LogP contribution is 2.48. The molecule has 38 heavy (non-hydrogen) atoms. The molecule has 2 heterocycles. The zero-order chi connectivity index (χ0) is 27.0. The summed E-state index contributed by atoms with van der Waals surface area (Å²) >= 11 is 3.49. The van der Waals surface area contributed by atoms with Gasteiger partial charge in [-0.2, -0.15) is 0 Å².